The van der Waals surface area contributed by atoms with Crippen LogP contribution in [0.1, 0.15) is 22.8 Å². The molecule has 1 saturated heterocycles. The molecule has 2 aromatic carbocycles. The maximum Gasteiger partial charge on any atom is 0.407 e. The molecule has 3 aromatic rings. The second kappa shape index (κ2) is 8.29. The van der Waals surface area contributed by atoms with E-state index in [0.717, 1.165) is 16.5 Å². The summed E-state index contributed by atoms with van der Waals surface area (Å²) in [4.78, 5) is 32.1. The number of terminal acetylenes is 1. The quantitative estimate of drug-likeness (QED) is 0.609. The molecule has 0 aliphatic carbocycles. The summed E-state index contributed by atoms with van der Waals surface area (Å²) < 4.78 is 0. The van der Waals surface area contributed by atoms with Gasteiger partial charge in [0.2, 0.25) is 0 Å². The third-order valence-corrected chi connectivity index (χ3v) is 5.83. The summed E-state index contributed by atoms with van der Waals surface area (Å²) >= 11 is 6.49. The van der Waals surface area contributed by atoms with Gasteiger partial charge < -0.3 is 14.9 Å². The Labute approximate surface area is 185 Å². The van der Waals surface area contributed by atoms with Gasteiger partial charge in [-0.05, 0) is 37.3 Å². The number of halogens is 1. The van der Waals surface area contributed by atoms with E-state index in [9.17, 15) is 14.7 Å². The van der Waals surface area contributed by atoms with E-state index in [1.165, 1.54) is 4.90 Å². The third-order valence-electron chi connectivity index (χ3n) is 5.51. The molecule has 1 aliphatic rings. The van der Waals surface area contributed by atoms with Crippen molar-refractivity contribution in [3.05, 3.63) is 64.7 Å². The molecule has 2 amide bonds. The summed E-state index contributed by atoms with van der Waals surface area (Å²) in [7, 11) is 0. The molecule has 0 radical (unpaired) electrons. The smallest absolute Gasteiger partial charge is 0.407 e. The van der Waals surface area contributed by atoms with E-state index in [4.69, 9.17) is 23.0 Å². The highest BCUT2D eigenvalue weighted by Crippen LogP contribution is 2.29. The Bertz CT molecular complexity index is 1220. The first kappa shape index (κ1) is 20.7. The number of fused-ring (bicyclic) bond motifs is 1. The molecule has 1 unspecified atom stereocenters. The van der Waals surface area contributed by atoms with Crippen LogP contribution in [-0.2, 0) is 0 Å². The van der Waals surface area contributed by atoms with E-state index in [1.807, 2.05) is 24.3 Å². The van der Waals surface area contributed by atoms with Gasteiger partial charge in [-0.15, -0.1) is 6.42 Å². The van der Waals surface area contributed by atoms with Crippen LogP contribution in [0.4, 0.5) is 4.79 Å². The number of rotatable bonds is 2. The van der Waals surface area contributed by atoms with Crippen LogP contribution in [0.2, 0.25) is 5.02 Å². The average molecular weight is 434 g/mol. The van der Waals surface area contributed by atoms with Crippen LogP contribution < -0.4 is 0 Å². The third kappa shape index (κ3) is 4.05. The Hall–Kier alpha value is -3.56. The number of nitrogens with zero attached hydrogens (tertiary/aromatic N) is 3. The van der Waals surface area contributed by atoms with Crippen LogP contribution in [-0.4, -0.2) is 57.6 Å². The highest BCUT2D eigenvalue weighted by Gasteiger charge is 2.30. The lowest BCUT2D eigenvalue weighted by atomic mass is 10.1. The highest BCUT2D eigenvalue weighted by molar-refractivity contribution is 6.35. The van der Waals surface area contributed by atoms with Gasteiger partial charge in [0.15, 0.2) is 0 Å². The first-order valence-electron chi connectivity index (χ1n) is 9.83. The van der Waals surface area contributed by atoms with Gasteiger partial charge in [-0.1, -0.05) is 35.7 Å². The van der Waals surface area contributed by atoms with Crippen molar-refractivity contribution >= 4 is 34.5 Å². The largest absolute Gasteiger partial charge is 0.465 e. The van der Waals surface area contributed by atoms with Gasteiger partial charge in [-0.3, -0.25) is 4.79 Å². The number of hydrogen-bond donors (Lipinski definition) is 1. The first-order chi connectivity index (χ1) is 14.9. The Kier molecular flexibility index (Phi) is 5.53. The van der Waals surface area contributed by atoms with Crippen molar-refractivity contribution in [3.8, 4) is 23.6 Å². The van der Waals surface area contributed by atoms with Crippen molar-refractivity contribution in [1.82, 2.24) is 14.8 Å². The minimum Gasteiger partial charge on any atom is -0.465 e. The van der Waals surface area contributed by atoms with Crippen molar-refractivity contribution in [1.29, 1.82) is 0 Å². The number of hydrogen-bond acceptors (Lipinski definition) is 3. The zero-order valence-electron chi connectivity index (χ0n) is 16.9. The van der Waals surface area contributed by atoms with Crippen LogP contribution in [0.3, 0.4) is 0 Å². The molecule has 31 heavy (non-hydrogen) atoms. The van der Waals surface area contributed by atoms with Gasteiger partial charge in [-0.25, -0.2) is 9.78 Å². The van der Waals surface area contributed by atoms with Crippen molar-refractivity contribution in [2.45, 2.75) is 13.0 Å². The second-order valence-corrected chi connectivity index (χ2v) is 7.93. The SMILES string of the molecule is C#Cc1ccc(-c2cc(Cl)c3ccc(C(=O)N4CCN(C(=O)O)C(C)C4)cc3n2)cc1. The summed E-state index contributed by atoms with van der Waals surface area (Å²) in [6.45, 7) is 2.78. The predicted octanol–water partition coefficient (Wildman–Crippen LogP) is 4.36. The number of carbonyl (C=O) groups is 2. The summed E-state index contributed by atoms with van der Waals surface area (Å²) in [5.41, 5.74) is 3.45. The number of piperazine rings is 1. The predicted molar refractivity (Wildman–Crippen MR) is 120 cm³/mol. The standard InChI is InChI=1S/C24H20ClN3O3/c1-3-16-4-6-17(7-5-16)21-13-20(25)19-9-8-18(12-22(19)26-21)23(29)27-10-11-28(24(30)31)15(2)14-27/h1,4-9,12-13,15H,10-11,14H2,2H3,(H,30,31). The highest BCUT2D eigenvalue weighted by atomic mass is 35.5. The van der Waals surface area contributed by atoms with Crippen LogP contribution in [0.25, 0.3) is 22.2 Å². The first-order valence-corrected chi connectivity index (χ1v) is 10.2. The number of aromatic nitrogens is 1. The van der Waals surface area contributed by atoms with E-state index in [0.29, 0.717) is 34.9 Å². The summed E-state index contributed by atoms with van der Waals surface area (Å²) in [6.07, 6.45) is 4.45. The molecule has 1 aromatic heterocycles. The van der Waals surface area contributed by atoms with Gasteiger partial charge in [0.1, 0.15) is 0 Å². The minimum atomic E-state index is -0.966. The molecule has 4 rings (SSSR count). The van der Waals surface area contributed by atoms with Crippen molar-refractivity contribution < 1.29 is 14.7 Å². The maximum absolute atomic E-state index is 13.1. The van der Waals surface area contributed by atoms with E-state index >= 15 is 0 Å². The number of benzene rings is 2. The minimum absolute atomic E-state index is 0.152. The molecule has 0 spiro atoms. The van der Waals surface area contributed by atoms with E-state index in [2.05, 4.69) is 5.92 Å². The van der Waals surface area contributed by atoms with Gasteiger partial charge in [0, 0.05) is 47.8 Å². The molecule has 0 bridgehead atoms. The molecule has 1 fully saturated rings. The van der Waals surface area contributed by atoms with Crippen LogP contribution >= 0.6 is 11.6 Å². The lowest BCUT2D eigenvalue weighted by Gasteiger charge is -2.38. The number of carbonyl (C=O) groups excluding carboxylic acids is 1. The van der Waals surface area contributed by atoms with E-state index < -0.39 is 6.09 Å². The van der Waals surface area contributed by atoms with Crippen LogP contribution in [0, 0.1) is 12.3 Å². The topological polar surface area (TPSA) is 73.7 Å². The van der Waals surface area contributed by atoms with Crippen molar-refractivity contribution in [3.63, 3.8) is 0 Å². The molecule has 7 heteroatoms. The molecule has 1 N–H and O–H groups in total. The molecule has 1 atom stereocenters. The molecule has 6 nitrogen and oxygen atoms in total. The Morgan fingerprint density at radius 1 is 1.16 bits per heavy atom. The van der Waals surface area contributed by atoms with Gasteiger partial charge in [-0.2, -0.15) is 0 Å². The van der Waals surface area contributed by atoms with Crippen molar-refractivity contribution in [2.75, 3.05) is 19.6 Å². The number of pyridine rings is 1. The molecular formula is C24H20ClN3O3. The van der Waals surface area contributed by atoms with E-state index in [-0.39, 0.29) is 18.5 Å². The molecule has 0 saturated carbocycles. The fraction of sp³-hybridized carbons (Fsp3) is 0.208. The lowest BCUT2D eigenvalue weighted by Crippen LogP contribution is -2.55. The Balaban J connectivity index is 1.64. The van der Waals surface area contributed by atoms with Gasteiger partial charge in [0.05, 0.1) is 16.2 Å². The average Bonchev–Trinajstić information content (AvgIpc) is 2.77. The van der Waals surface area contributed by atoms with Crippen LogP contribution in [0.15, 0.2) is 48.5 Å². The van der Waals surface area contributed by atoms with Gasteiger partial charge in [0.25, 0.3) is 5.91 Å². The normalized spacial score (nSPS) is 16.2. The zero-order valence-corrected chi connectivity index (χ0v) is 17.6. The zero-order chi connectivity index (χ0) is 22.1. The summed E-state index contributed by atoms with van der Waals surface area (Å²) in [6, 6.07) is 14.2. The second-order valence-electron chi connectivity index (χ2n) is 7.52. The van der Waals surface area contributed by atoms with Gasteiger partial charge >= 0.3 is 6.09 Å². The number of amides is 2. The lowest BCUT2D eigenvalue weighted by molar-refractivity contribution is 0.0507. The van der Waals surface area contributed by atoms with E-state index in [1.54, 1.807) is 36.1 Å². The van der Waals surface area contributed by atoms with Crippen LogP contribution in [0.5, 0.6) is 0 Å². The fourth-order valence-corrected chi connectivity index (χ4v) is 4.08. The molecular weight excluding hydrogens is 414 g/mol. The molecule has 2 heterocycles. The summed E-state index contributed by atoms with van der Waals surface area (Å²) in [5, 5.41) is 10.5. The fourth-order valence-electron chi connectivity index (χ4n) is 3.81. The maximum atomic E-state index is 13.1. The Morgan fingerprint density at radius 2 is 1.90 bits per heavy atom. The molecule has 156 valence electrons. The summed E-state index contributed by atoms with van der Waals surface area (Å²) in [5.74, 6) is 2.43. The number of carboxylic acid groups (broad SMARTS) is 1. The monoisotopic (exact) mass is 433 g/mol. The van der Waals surface area contributed by atoms with Crippen molar-refractivity contribution in [2.24, 2.45) is 0 Å². The molecule has 1 aliphatic heterocycles. The Morgan fingerprint density at radius 3 is 2.55 bits per heavy atom.